The zero-order valence-electron chi connectivity index (χ0n) is 19.1. The summed E-state index contributed by atoms with van der Waals surface area (Å²) >= 11 is 0. The second-order valence-electron chi connectivity index (χ2n) is 8.83. The summed E-state index contributed by atoms with van der Waals surface area (Å²) in [5.41, 5.74) is 3.19. The van der Waals surface area contributed by atoms with E-state index in [1.165, 1.54) is 19.3 Å². The molecule has 3 rings (SSSR count). The molecule has 1 aliphatic rings. The summed E-state index contributed by atoms with van der Waals surface area (Å²) in [6, 6.07) is 12.6. The molecule has 0 saturated heterocycles. The van der Waals surface area contributed by atoms with Crippen molar-refractivity contribution >= 4 is 29.2 Å². The highest BCUT2D eigenvalue weighted by Crippen LogP contribution is 2.36. The van der Waals surface area contributed by atoms with Gasteiger partial charge in [-0.1, -0.05) is 50.8 Å². The predicted octanol–water partition coefficient (Wildman–Crippen LogP) is 6.49. The van der Waals surface area contributed by atoms with Gasteiger partial charge in [-0.2, -0.15) is 0 Å². The number of carbonyl (C=O) groups excluding carboxylic acids is 1. The van der Waals surface area contributed by atoms with E-state index in [9.17, 15) is 9.59 Å². The van der Waals surface area contributed by atoms with Crippen molar-refractivity contribution in [3.8, 4) is 5.75 Å². The summed E-state index contributed by atoms with van der Waals surface area (Å²) in [4.78, 5) is 26.2. The monoisotopic (exact) mass is 439 g/mol. The van der Waals surface area contributed by atoms with E-state index in [0.717, 1.165) is 30.6 Å². The van der Waals surface area contributed by atoms with Gasteiger partial charge >= 0.3 is 12.2 Å². The molecule has 2 aromatic carbocycles. The van der Waals surface area contributed by atoms with Gasteiger partial charge in [-0.25, -0.2) is 9.59 Å². The Morgan fingerprint density at radius 2 is 1.75 bits per heavy atom. The number of aryl methyl sites for hydroxylation is 1. The van der Waals surface area contributed by atoms with Crippen LogP contribution in [0.3, 0.4) is 0 Å². The van der Waals surface area contributed by atoms with E-state index < -0.39 is 12.2 Å². The van der Waals surface area contributed by atoms with E-state index in [2.05, 4.69) is 29.4 Å². The number of nitrogens with zero attached hydrogens (tertiary/aromatic N) is 1. The minimum absolute atomic E-state index is 0.167. The Morgan fingerprint density at radius 3 is 2.38 bits per heavy atom. The molecule has 7 heteroatoms. The minimum Gasteiger partial charge on any atom is -0.449 e. The molecule has 1 fully saturated rings. The molecule has 0 spiro atoms. The van der Waals surface area contributed by atoms with Crippen LogP contribution in [-0.4, -0.2) is 29.9 Å². The Morgan fingerprint density at radius 1 is 1.06 bits per heavy atom. The molecule has 0 bridgehead atoms. The number of carboxylic acid groups (broad SMARTS) is 1. The van der Waals surface area contributed by atoms with Crippen molar-refractivity contribution in [3.05, 3.63) is 48.0 Å². The van der Waals surface area contributed by atoms with Crippen LogP contribution in [0.5, 0.6) is 5.75 Å². The van der Waals surface area contributed by atoms with Gasteiger partial charge in [-0.15, -0.1) is 0 Å². The molecular weight excluding hydrogens is 406 g/mol. The zero-order valence-corrected chi connectivity index (χ0v) is 19.1. The fraction of sp³-hybridized carbons (Fsp3) is 0.440. The smallest absolute Gasteiger partial charge is 0.449 e. The van der Waals surface area contributed by atoms with Gasteiger partial charge in [-0.3, -0.25) is 0 Å². The van der Waals surface area contributed by atoms with Crippen molar-refractivity contribution in [2.45, 2.75) is 58.9 Å². The average Bonchev–Trinajstić information content (AvgIpc) is 2.74. The number of urea groups is 1. The van der Waals surface area contributed by atoms with Crippen LogP contribution in [0.15, 0.2) is 42.5 Å². The van der Waals surface area contributed by atoms with Crippen molar-refractivity contribution in [2.24, 2.45) is 5.92 Å². The summed E-state index contributed by atoms with van der Waals surface area (Å²) in [7, 11) is 0. The fourth-order valence-electron chi connectivity index (χ4n) is 4.18. The van der Waals surface area contributed by atoms with Gasteiger partial charge < -0.3 is 25.4 Å². The standard InChI is InChI=1S/C25H33N3O4/c1-17(2)16-28(20-7-5-4-6-8-20)23-14-13-21(32-25(30)31)15-22(23)27-24(29)26-19-11-9-18(3)10-12-19/h9-15,17,20H,4-8,16H2,1-3H3,(H,30,31)(H2,26,27,29). The Balaban J connectivity index is 1.90. The average molecular weight is 440 g/mol. The van der Waals surface area contributed by atoms with Gasteiger partial charge in [0.25, 0.3) is 0 Å². The Kier molecular flexibility index (Phi) is 7.98. The highest BCUT2D eigenvalue weighted by Gasteiger charge is 2.25. The molecule has 0 radical (unpaired) electrons. The lowest BCUT2D eigenvalue weighted by atomic mass is 9.93. The number of hydrogen-bond acceptors (Lipinski definition) is 4. The highest BCUT2D eigenvalue weighted by molar-refractivity contribution is 6.02. The largest absolute Gasteiger partial charge is 0.511 e. The van der Waals surface area contributed by atoms with Crippen molar-refractivity contribution in [1.82, 2.24) is 0 Å². The predicted molar refractivity (Wildman–Crippen MR) is 128 cm³/mol. The van der Waals surface area contributed by atoms with Crippen LogP contribution in [0.25, 0.3) is 0 Å². The number of nitrogens with one attached hydrogen (secondary N) is 2. The van der Waals surface area contributed by atoms with E-state index in [4.69, 9.17) is 9.84 Å². The third-order valence-corrected chi connectivity index (χ3v) is 5.62. The molecular formula is C25H33N3O4. The summed E-state index contributed by atoms with van der Waals surface area (Å²) < 4.78 is 4.86. The van der Waals surface area contributed by atoms with E-state index in [0.29, 0.717) is 23.3 Å². The summed E-state index contributed by atoms with van der Waals surface area (Å²) in [6.07, 6.45) is 4.46. The lowest BCUT2D eigenvalue weighted by Crippen LogP contribution is -2.40. The molecule has 0 aromatic heterocycles. The maximum Gasteiger partial charge on any atom is 0.511 e. The van der Waals surface area contributed by atoms with Crippen LogP contribution >= 0.6 is 0 Å². The van der Waals surface area contributed by atoms with E-state index in [1.54, 1.807) is 12.1 Å². The molecule has 3 N–H and O–H groups in total. The zero-order chi connectivity index (χ0) is 23.1. The molecule has 32 heavy (non-hydrogen) atoms. The third kappa shape index (κ3) is 6.64. The second-order valence-corrected chi connectivity index (χ2v) is 8.83. The van der Waals surface area contributed by atoms with Crippen molar-refractivity contribution in [1.29, 1.82) is 0 Å². The molecule has 2 amide bonds. The summed E-state index contributed by atoms with van der Waals surface area (Å²) in [6.45, 7) is 7.18. The van der Waals surface area contributed by atoms with Crippen molar-refractivity contribution in [3.63, 3.8) is 0 Å². The molecule has 1 aliphatic carbocycles. The molecule has 0 atom stereocenters. The number of benzene rings is 2. The van der Waals surface area contributed by atoms with Crippen LogP contribution in [0.2, 0.25) is 0 Å². The Labute approximate surface area is 189 Å². The van der Waals surface area contributed by atoms with Crippen LogP contribution in [0.4, 0.5) is 26.7 Å². The maximum absolute atomic E-state index is 12.8. The molecule has 172 valence electrons. The van der Waals surface area contributed by atoms with Gasteiger partial charge in [-0.05, 0) is 49.9 Å². The first-order valence-electron chi connectivity index (χ1n) is 11.3. The number of ether oxygens (including phenoxy) is 1. The summed E-state index contributed by atoms with van der Waals surface area (Å²) in [5.74, 6) is 0.598. The van der Waals surface area contributed by atoms with Crippen LogP contribution in [0.1, 0.15) is 51.5 Å². The van der Waals surface area contributed by atoms with Crippen LogP contribution in [0, 0.1) is 12.8 Å². The molecule has 2 aromatic rings. The normalized spacial score (nSPS) is 14.1. The second kappa shape index (κ2) is 10.9. The summed E-state index contributed by atoms with van der Waals surface area (Å²) in [5, 5.41) is 14.8. The van der Waals surface area contributed by atoms with E-state index in [-0.39, 0.29) is 5.75 Å². The molecule has 1 saturated carbocycles. The van der Waals surface area contributed by atoms with Crippen molar-refractivity contribution in [2.75, 3.05) is 22.1 Å². The van der Waals surface area contributed by atoms with Gasteiger partial charge in [0.15, 0.2) is 0 Å². The van der Waals surface area contributed by atoms with Crippen LogP contribution in [-0.2, 0) is 0 Å². The first-order valence-corrected chi connectivity index (χ1v) is 11.3. The first-order chi connectivity index (χ1) is 15.3. The first kappa shape index (κ1) is 23.4. The van der Waals surface area contributed by atoms with Gasteiger partial charge in [0.1, 0.15) is 5.75 Å². The molecule has 7 nitrogen and oxygen atoms in total. The molecule has 0 unspecified atom stereocenters. The molecule has 0 aliphatic heterocycles. The van der Waals surface area contributed by atoms with E-state index >= 15 is 0 Å². The number of rotatable bonds is 7. The number of hydrogen-bond donors (Lipinski definition) is 3. The number of amides is 2. The third-order valence-electron chi connectivity index (χ3n) is 5.62. The fourth-order valence-corrected chi connectivity index (χ4v) is 4.18. The van der Waals surface area contributed by atoms with Gasteiger partial charge in [0.2, 0.25) is 0 Å². The molecule has 0 heterocycles. The quantitative estimate of drug-likeness (QED) is 0.339. The minimum atomic E-state index is -1.39. The maximum atomic E-state index is 12.8. The van der Waals surface area contributed by atoms with Gasteiger partial charge in [0.05, 0.1) is 11.4 Å². The number of anilines is 3. The topological polar surface area (TPSA) is 90.9 Å². The van der Waals surface area contributed by atoms with Gasteiger partial charge in [0, 0.05) is 24.3 Å². The van der Waals surface area contributed by atoms with Crippen molar-refractivity contribution < 1.29 is 19.4 Å². The number of carbonyl (C=O) groups is 2. The Hall–Kier alpha value is -3.22. The van der Waals surface area contributed by atoms with E-state index in [1.807, 2.05) is 37.3 Å². The lowest BCUT2D eigenvalue weighted by molar-refractivity contribution is 0.144. The highest BCUT2D eigenvalue weighted by atomic mass is 16.7. The Bertz CT molecular complexity index is 921. The SMILES string of the molecule is Cc1ccc(NC(=O)Nc2cc(OC(=O)O)ccc2N(CC(C)C)C2CCCCC2)cc1. The van der Waals surface area contributed by atoms with Crippen LogP contribution < -0.4 is 20.3 Å². The lowest BCUT2D eigenvalue weighted by Gasteiger charge is -2.38.